The number of carbonyl (C=O) groups excluding carboxylic acids is 3. The summed E-state index contributed by atoms with van der Waals surface area (Å²) in [4.78, 5) is 38.0. The lowest BCUT2D eigenvalue weighted by Gasteiger charge is -2.18. The van der Waals surface area contributed by atoms with Crippen LogP contribution in [-0.4, -0.2) is 37.2 Å². The van der Waals surface area contributed by atoms with Crippen LogP contribution in [0.25, 0.3) is 0 Å². The van der Waals surface area contributed by atoms with E-state index in [4.69, 9.17) is 14.2 Å². The molecule has 6 nitrogen and oxygen atoms in total. The first kappa shape index (κ1) is 62.9. The Bertz CT molecular complexity index is 1050. The fraction of sp³-hybridized carbons (Fsp3) is 0.881. The van der Waals surface area contributed by atoms with Gasteiger partial charge in [0, 0.05) is 19.3 Å². The van der Waals surface area contributed by atoms with Crippen LogP contribution in [0.5, 0.6) is 0 Å². The van der Waals surface area contributed by atoms with Crippen LogP contribution >= 0.6 is 0 Å². The predicted octanol–water partition coefficient (Wildman–Crippen LogP) is 19.1. The zero-order valence-electron chi connectivity index (χ0n) is 43.8. The van der Waals surface area contributed by atoms with Crippen molar-refractivity contribution in [3.8, 4) is 0 Å². The van der Waals surface area contributed by atoms with Crippen LogP contribution in [0.2, 0.25) is 0 Å². The lowest BCUT2D eigenvalue weighted by Crippen LogP contribution is -2.30. The van der Waals surface area contributed by atoms with Gasteiger partial charge >= 0.3 is 17.9 Å². The van der Waals surface area contributed by atoms with Gasteiger partial charge in [0.25, 0.3) is 0 Å². The monoisotopic (exact) mass is 915 g/mol. The van der Waals surface area contributed by atoms with E-state index in [9.17, 15) is 14.4 Å². The topological polar surface area (TPSA) is 78.9 Å². The van der Waals surface area contributed by atoms with E-state index >= 15 is 0 Å². The first-order valence-electron chi connectivity index (χ1n) is 28.8. The summed E-state index contributed by atoms with van der Waals surface area (Å²) < 4.78 is 16.8. The van der Waals surface area contributed by atoms with Gasteiger partial charge in [-0.15, -0.1) is 0 Å². The van der Waals surface area contributed by atoms with Gasteiger partial charge in [0.1, 0.15) is 13.2 Å². The molecule has 6 heteroatoms. The summed E-state index contributed by atoms with van der Waals surface area (Å²) in [5.74, 6) is -0.877. The molecule has 0 aliphatic carbocycles. The summed E-state index contributed by atoms with van der Waals surface area (Å²) in [7, 11) is 0. The highest BCUT2D eigenvalue weighted by Crippen LogP contribution is 2.17. The maximum Gasteiger partial charge on any atom is 0.306 e. The minimum atomic E-state index is -0.774. The largest absolute Gasteiger partial charge is 0.462 e. The van der Waals surface area contributed by atoms with Crippen molar-refractivity contribution < 1.29 is 28.6 Å². The second kappa shape index (κ2) is 54.5. The highest BCUT2D eigenvalue weighted by Gasteiger charge is 2.19. The Kier molecular flexibility index (Phi) is 52.7. The molecule has 0 fully saturated rings. The summed E-state index contributed by atoms with van der Waals surface area (Å²) in [6.45, 7) is 6.59. The summed E-state index contributed by atoms with van der Waals surface area (Å²) in [6.07, 6.45) is 63.3. The minimum absolute atomic E-state index is 0.0733. The molecule has 0 saturated carbocycles. The van der Waals surface area contributed by atoms with E-state index in [2.05, 4.69) is 45.1 Å². The Balaban J connectivity index is 4.16. The number of allylic oxidation sites excluding steroid dienone is 4. The fourth-order valence-electron chi connectivity index (χ4n) is 8.56. The van der Waals surface area contributed by atoms with E-state index in [-0.39, 0.29) is 31.1 Å². The first-order chi connectivity index (χ1) is 32.0. The SMILES string of the molecule is CCC/C=C\CCCCCCCC(=O)OCC(COC(=O)CCCCCCCCCCCCCCCCCCCCCCCCCC)OC(=O)CCCCCCC/C=C\CCCCCC. The van der Waals surface area contributed by atoms with Crippen LogP contribution in [0.15, 0.2) is 24.3 Å². The lowest BCUT2D eigenvalue weighted by atomic mass is 10.0. The van der Waals surface area contributed by atoms with Crippen molar-refractivity contribution in [2.24, 2.45) is 0 Å². The van der Waals surface area contributed by atoms with Crippen LogP contribution < -0.4 is 0 Å². The molecule has 0 rings (SSSR count). The number of hydrogen-bond donors (Lipinski definition) is 0. The molecule has 1 atom stereocenters. The van der Waals surface area contributed by atoms with E-state index in [0.29, 0.717) is 19.3 Å². The van der Waals surface area contributed by atoms with Crippen molar-refractivity contribution in [1.29, 1.82) is 0 Å². The van der Waals surface area contributed by atoms with Gasteiger partial charge < -0.3 is 14.2 Å². The van der Waals surface area contributed by atoms with Crippen LogP contribution in [0, 0.1) is 0 Å². The predicted molar refractivity (Wildman–Crippen MR) is 279 cm³/mol. The van der Waals surface area contributed by atoms with E-state index in [0.717, 1.165) is 77.0 Å². The maximum absolute atomic E-state index is 12.8. The number of hydrogen-bond acceptors (Lipinski definition) is 6. The average Bonchev–Trinajstić information content (AvgIpc) is 3.30. The fourth-order valence-corrected chi connectivity index (χ4v) is 8.56. The van der Waals surface area contributed by atoms with Crippen molar-refractivity contribution in [1.82, 2.24) is 0 Å². The Hall–Kier alpha value is -2.11. The average molecular weight is 916 g/mol. The number of unbranched alkanes of at least 4 members (excludes halogenated alkanes) is 38. The molecule has 0 radical (unpaired) electrons. The molecule has 0 aromatic heterocycles. The third-order valence-corrected chi connectivity index (χ3v) is 12.9. The number of carbonyl (C=O) groups is 3. The van der Waals surface area contributed by atoms with E-state index in [1.807, 2.05) is 0 Å². The zero-order valence-corrected chi connectivity index (χ0v) is 43.8. The van der Waals surface area contributed by atoms with Gasteiger partial charge in [-0.2, -0.15) is 0 Å². The molecule has 0 aromatic carbocycles. The van der Waals surface area contributed by atoms with Crippen molar-refractivity contribution in [2.45, 2.75) is 322 Å². The first-order valence-corrected chi connectivity index (χ1v) is 28.8. The van der Waals surface area contributed by atoms with Gasteiger partial charge in [0.15, 0.2) is 6.10 Å². The molecule has 0 saturated heterocycles. The zero-order chi connectivity index (χ0) is 47.2. The molecule has 0 spiro atoms. The van der Waals surface area contributed by atoms with E-state index < -0.39 is 6.10 Å². The summed E-state index contributed by atoms with van der Waals surface area (Å²) in [5.41, 5.74) is 0. The van der Waals surface area contributed by atoms with Gasteiger partial charge in [-0.1, -0.05) is 257 Å². The van der Waals surface area contributed by atoms with Crippen LogP contribution in [0.1, 0.15) is 316 Å². The summed E-state index contributed by atoms with van der Waals surface area (Å²) >= 11 is 0. The van der Waals surface area contributed by atoms with Crippen molar-refractivity contribution in [3.63, 3.8) is 0 Å². The lowest BCUT2D eigenvalue weighted by molar-refractivity contribution is -0.167. The van der Waals surface area contributed by atoms with E-state index in [1.165, 1.54) is 199 Å². The van der Waals surface area contributed by atoms with Crippen LogP contribution in [0.3, 0.4) is 0 Å². The second-order valence-corrected chi connectivity index (χ2v) is 19.6. The van der Waals surface area contributed by atoms with Crippen molar-refractivity contribution in [2.75, 3.05) is 13.2 Å². The van der Waals surface area contributed by atoms with Crippen molar-refractivity contribution >= 4 is 17.9 Å². The Labute approximate surface area is 404 Å². The molecule has 382 valence electrons. The van der Waals surface area contributed by atoms with E-state index in [1.54, 1.807) is 0 Å². The second-order valence-electron chi connectivity index (χ2n) is 19.6. The number of esters is 3. The molecule has 0 bridgehead atoms. The quantitative estimate of drug-likeness (QED) is 0.0262. The third kappa shape index (κ3) is 52.7. The smallest absolute Gasteiger partial charge is 0.306 e. The van der Waals surface area contributed by atoms with Gasteiger partial charge in [0.2, 0.25) is 0 Å². The molecular weight excluding hydrogens is 805 g/mol. The van der Waals surface area contributed by atoms with Crippen LogP contribution in [0.4, 0.5) is 0 Å². The molecule has 0 amide bonds. The third-order valence-electron chi connectivity index (χ3n) is 12.9. The Morgan fingerprint density at radius 1 is 0.292 bits per heavy atom. The van der Waals surface area contributed by atoms with Crippen LogP contribution in [-0.2, 0) is 28.6 Å². The molecule has 0 heterocycles. The molecule has 0 aliphatic heterocycles. The number of ether oxygens (including phenoxy) is 3. The standard InChI is InChI=1S/C59H110O6/c1-4-7-10-13-16-19-22-24-25-26-27-28-29-30-31-32-33-34-36-37-40-43-46-49-52-58(61)64-55-56(54-63-57(60)51-48-45-42-39-21-18-15-12-9-6-3)65-59(62)53-50-47-44-41-38-35-23-20-17-14-11-8-5-2/h12,15,20,23,56H,4-11,13-14,16-19,21-22,24-55H2,1-3H3/b15-12-,23-20-. The normalized spacial score (nSPS) is 12.1. The van der Waals surface area contributed by atoms with Gasteiger partial charge in [-0.05, 0) is 64.2 Å². The Morgan fingerprint density at radius 3 is 0.846 bits per heavy atom. The van der Waals surface area contributed by atoms with Gasteiger partial charge in [0.05, 0.1) is 0 Å². The summed E-state index contributed by atoms with van der Waals surface area (Å²) in [5, 5.41) is 0. The minimum Gasteiger partial charge on any atom is -0.462 e. The van der Waals surface area contributed by atoms with Gasteiger partial charge in [-0.25, -0.2) is 0 Å². The number of rotatable bonds is 53. The molecule has 0 aliphatic rings. The van der Waals surface area contributed by atoms with Crippen molar-refractivity contribution in [3.05, 3.63) is 24.3 Å². The highest BCUT2D eigenvalue weighted by molar-refractivity contribution is 5.71. The molecule has 0 N–H and O–H groups in total. The maximum atomic E-state index is 12.8. The molecular formula is C59H110O6. The van der Waals surface area contributed by atoms with Gasteiger partial charge in [-0.3, -0.25) is 14.4 Å². The summed E-state index contributed by atoms with van der Waals surface area (Å²) in [6, 6.07) is 0. The molecule has 0 aromatic rings. The molecule has 1 unspecified atom stereocenters. The Morgan fingerprint density at radius 2 is 0.538 bits per heavy atom. The molecule has 65 heavy (non-hydrogen) atoms. The highest BCUT2D eigenvalue weighted by atomic mass is 16.6.